The molecule has 0 bridgehead atoms. The van der Waals surface area contributed by atoms with Gasteiger partial charge in [-0.2, -0.15) is 0 Å². The van der Waals surface area contributed by atoms with Crippen LogP contribution in [0.15, 0.2) is 12.4 Å². The molecule has 0 aromatic carbocycles. The molecule has 0 unspecified atom stereocenters. The van der Waals surface area contributed by atoms with Crippen molar-refractivity contribution >= 4 is 17.5 Å². The van der Waals surface area contributed by atoms with E-state index in [0.717, 1.165) is 31.6 Å². The Kier molecular flexibility index (Phi) is 15.4. The van der Waals surface area contributed by atoms with Gasteiger partial charge in [0.25, 0.3) is 0 Å². The predicted molar refractivity (Wildman–Crippen MR) is 115 cm³/mol. The van der Waals surface area contributed by atoms with Gasteiger partial charge in [-0.05, 0) is 18.3 Å². The molecule has 0 spiro atoms. The third-order valence-corrected chi connectivity index (χ3v) is 3.81. The van der Waals surface area contributed by atoms with Crippen molar-refractivity contribution in [3.8, 4) is 0 Å². The first-order valence-electron chi connectivity index (χ1n) is 9.69. The molecule has 2 heterocycles. The van der Waals surface area contributed by atoms with Gasteiger partial charge in [0, 0.05) is 19.5 Å². The third kappa shape index (κ3) is 12.0. The van der Waals surface area contributed by atoms with E-state index in [0.29, 0.717) is 18.2 Å². The Morgan fingerprint density at radius 1 is 1.15 bits per heavy atom. The SMILES string of the molecule is C.CC.CC.CC(C)(C)CC(=O)N1CCC(OCc2cnc(Cl)cn2)CC1. The van der Waals surface area contributed by atoms with Crippen molar-refractivity contribution in [3.63, 3.8) is 0 Å². The Labute approximate surface area is 171 Å². The maximum absolute atomic E-state index is 12.2. The van der Waals surface area contributed by atoms with Gasteiger partial charge in [-0.25, -0.2) is 4.98 Å². The molecule has 0 atom stereocenters. The average Bonchev–Trinajstić information content (AvgIpc) is 2.64. The molecule has 1 aliphatic heterocycles. The van der Waals surface area contributed by atoms with Gasteiger partial charge in [0.2, 0.25) is 5.91 Å². The Morgan fingerprint density at radius 3 is 2.15 bits per heavy atom. The highest BCUT2D eigenvalue weighted by molar-refractivity contribution is 6.29. The van der Waals surface area contributed by atoms with E-state index in [-0.39, 0.29) is 24.9 Å². The molecular weight excluding hydrogens is 362 g/mol. The summed E-state index contributed by atoms with van der Waals surface area (Å²) in [5, 5.41) is 0.384. The van der Waals surface area contributed by atoms with E-state index in [2.05, 4.69) is 30.7 Å². The summed E-state index contributed by atoms with van der Waals surface area (Å²) in [7, 11) is 0. The van der Waals surface area contributed by atoms with Gasteiger partial charge >= 0.3 is 0 Å². The molecule has 5 nitrogen and oxygen atoms in total. The number of ether oxygens (including phenoxy) is 1. The van der Waals surface area contributed by atoms with Crippen LogP contribution in [0.2, 0.25) is 5.15 Å². The topological polar surface area (TPSA) is 55.3 Å². The van der Waals surface area contributed by atoms with Crippen molar-refractivity contribution in [2.24, 2.45) is 5.41 Å². The molecule has 6 heteroatoms. The predicted octanol–water partition coefficient (Wildman–Crippen LogP) is 5.76. The van der Waals surface area contributed by atoms with Crippen molar-refractivity contribution in [1.29, 1.82) is 0 Å². The Bertz CT molecular complexity index is 493. The first kappa shape index (κ1) is 28.0. The van der Waals surface area contributed by atoms with Crippen LogP contribution in [0.1, 0.15) is 80.8 Å². The highest BCUT2D eigenvalue weighted by atomic mass is 35.5. The maximum Gasteiger partial charge on any atom is 0.223 e. The van der Waals surface area contributed by atoms with Crippen molar-refractivity contribution in [1.82, 2.24) is 14.9 Å². The minimum atomic E-state index is 0. The normalized spacial score (nSPS) is 14.1. The standard InChI is InChI=1S/C16H24ClN3O2.2C2H6.CH4/c1-16(2,3)8-15(21)20-6-4-13(5-7-20)22-11-12-9-19-14(17)10-18-12;2*1-2;/h9-10,13H,4-8,11H2,1-3H3;2*1-2H3;1H4. The lowest BCUT2D eigenvalue weighted by molar-refractivity contribution is -0.135. The largest absolute Gasteiger partial charge is 0.372 e. The second-order valence-electron chi connectivity index (χ2n) is 6.96. The Morgan fingerprint density at radius 2 is 1.70 bits per heavy atom. The number of amides is 1. The number of carbonyl (C=O) groups is 1. The minimum absolute atomic E-state index is 0. The molecule has 0 saturated carbocycles. The van der Waals surface area contributed by atoms with E-state index in [1.807, 2.05) is 32.6 Å². The number of nitrogens with zero attached hydrogens (tertiary/aromatic N) is 3. The summed E-state index contributed by atoms with van der Waals surface area (Å²) in [4.78, 5) is 22.3. The number of hydrogen-bond donors (Lipinski definition) is 0. The summed E-state index contributed by atoms with van der Waals surface area (Å²) >= 11 is 5.70. The van der Waals surface area contributed by atoms with E-state index < -0.39 is 0 Å². The average molecular weight is 402 g/mol. The van der Waals surface area contributed by atoms with Crippen LogP contribution in [-0.2, 0) is 16.1 Å². The number of rotatable bonds is 4. The van der Waals surface area contributed by atoms with Crippen LogP contribution >= 0.6 is 11.6 Å². The molecule has 1 amide bonds. The van der Waals surface area contributed by atoms with Crippen molar-refractivity contribution in [2.45, 2.75) is 87.9 Å². The summed E-state index contributed by atoms with van der Waals surface area (Å²) in [5.41, 5.74) is 0.813. The summed E-state index contributed by atoms with van der Waals surface area (Å²) in [6, 6.07) is 0. The molecule has 158 valence electrons. The van der Waals surface area contributed by atoms with Gasteiger partial charge in [0.1, 0.15) is 5.15 Å². The molecule has 1 fully saturated rings. The van der Waals surface area contributed by atoms with Crippen LogP contribution in [0.5, 0.6) is 0 Å². The molecule has 0 N–H and O–H groups in total. The number of halogens is 1. The maximum atomic E-state index is 12.2. The second kappa shape index (κ2) is 14.8. The van der Waals surface area contributed by atoms with Crippen molar-refractivity contribution in [2.75, 3.05) is 13.1 Å². The van der Waals surface area contributed by atoms with E-state index in [1.54, 1.807) is 6.20 Å². The van der Waals surface area contributed by atoms with Crippen LogP contribution in [-0.4, -0.2) is 40.0 Å². The molecular formula is C21H40ClN3O2. The Balaban J connectivity index is 0. The second-order valence-corrected chi connectivity index (χ2v) is 7.35. The van der Waals surface area contributed by atoms with E-state index in [4.69, 9.17) is 16.3 Å². The van der Waals surface area contributed by atoms with Crippen LogP contribution in [0.3, 0.4) is 0 Å². The van der Waals surface area contributed by atoms with Crippen molar-refractivity contribution < 1.29 is 9.53 Å². The molecule has 1 aliphatic rings. The number of piperidine rings is 1. The summed E-state index contributed by atoms with van der Waals surface area (Å²) in [5.74, 6) is 0.245. The fourth-order valence-electron chi connectivity index (χ4n) is 2.45. The molecule has 1 saturated heterocycles. The molecule has 1 aromatic heterocycles. The van der Waals surface area contributed by atoms with Gasteiger partial charge in [-0.1, -0.05) is 67.5 Å². The minimum Gasteiger partial charge on any atom is -0.372 e. The molecule has 0 radical (unpaired) electrons. The van der Waals surface area contributed by atoms with E-state index in [9.17, 15) is 4.79 Å². The van der Waals surface area contributed by atoms with E-state index in [1.165, 1.54) is 6.20 Å². The highest BCUT2D eigenvalue weighted by Crippen LogP contribution is 2.22. The zero-order chi connectivity index (χ0) is 20.2. The van der Waals surface area contributed by atoms with Gasteiger partial charge in [-0.3, -0.25) is 9.78 Å². The first-order chi connectivity index (χ1) is 12.3. The number of carbonyl (C=O) groups excluding carboxylic acids is 1. The van der Waals surface area contributed by atoms with Gasteiger partial charge in [0.15, 0.2) is 0 Å². The van der Waals surface area contributed by atoms with Crippen molar-refractivity contribution in [3.05, 3.63) is 23.2 Å². The lowest BCUT2D eigenvalue weighted by Gasteiger charge is -2.33. The zero-order valence-electron chi connectivity index (χ0n) is 17.5. The zero-order valence-corrected chi connectivity index (χ0v) is 18.3. The fourth-order valence-corrected chi connectivity index (χ4v) is 2.55. The quantitative estimate of drug-likeness (QED) is 0.643. The highest BCUT2D eigenvalue weighted by Gasteiger charge is 2.26. The molecule has 27 heavy (non-hydrogen) atoms. The number of aromatic nitrogens is 2. The summed E-state index contributed by atoms with van der Waals surface area (Å²) in [6.07, 6.45) is 5.67. The van der Waals surface area contributed by atoms with Gasteiger partial charge in [-0.15, -0.1) is 0 Å². The van der Waals surface area contributed by atoms with Crippen LogP contribution in [0.4, 0.5) is 0 Å². The van der Waals surface area contributed by atoms with Crippen LogP contribution < -0.4 is 0 Å². The molecule has 1 aromatic rings. The molecule has 0 aliphatic carbocycles. The van der Waals surface area contributed by atoms with Crippen LogP contribution in [0.25, 0.3) is 0 Å². The smallest absolute Gasteiger partial charge is 0.223 e. The van der Waals surface area contributed by atoms with Crippen LogP contribution in [0, 0.1) is 5.41 Å². The third-order valence-electron chi connectivity index (χ3n) is 3.62. The van der Waals surface area contributed by atoms with Gasteiger partial charge in [0.05, 0.1) is 30.8 Å². The lowest BCUT2D eigenvalue weighted by atomic mass is 9.91. The lowest BCUT2D eigenvalue weighted by Crippen LogP contribution is -2.42. The number of hydrogen-bond acceptors (Lipinski definition) is 4. The molecule has 2 rings (SSSR count). The monoisotopic (exact) mass is 401 g/mol. The summed E-state index contributed by atoms with van der Waals surface area (Å²) < 4.78 is 5.85. The van der Waals surface area contributed by atoms with E-state index >= 15 is 0 Å². The Hall–Kier alpha value is -1.20. The fraction of sp³-hybridized carbons (Fsp3) is 0.762. The van der Waals surface area contributed by atoms with Gasteiger partial charge < -0.3 is 9.64 Å². The summed E-state index contributed by atoms with van der Waals surface area (Å²) in [6.45, 7) is 16.2. The first-order valence-corrected chi connectivity index (χ1v) is 10.1. The number of likely N-dealkylation sites (tertiary alicyclic amines) is 1.